The lowest BCUT2D eigenvalue weighted by Gasteiger charge is -2.29. The molecule has 5 aromatic rings. The highest BCUT2D eigenvalue weighted by Gasteiger charge is 2.27. The van der Waals surface area contributed by atoms with Gasteiger partial charge in [0.2, 0.25) is 0 Å². The lowest BCUT2D eigenvalue weighted by molar-refractivity contribution is 0.102. The Bertz CT molecular complexity index is 1840. The zero-order chi connectivity index (χ0) is 30.0. The number of aromatic nitrogens is 4. The molecule has 3 aromatic heterocycles. The summed E-state index contributed by atoms with van der Waals surface area (Å²) in [6.07, 6.45) is 8.71. The summed E-state index contributed by atoms with van der Waals surface area (Å²) in [5, 5.41) is 19.2. The van der Waals surface area contributed by atoms with E-state index in [2.05, 4.69) is 36.3 Å². The molecule has 11 nitrogen and oxygen atoms in total. The number of rotatable bonds is 8. The Morgan fingerprint density at radius 1 is 0.864 bits per heavy atom. The van der Waals surface area contributed by atoms with Gasteiger partial charge in [-0.1, -0.05) is 36.4 Å². The average Bonchev–Trinajstić information content (AvgIpc) is 3.74. The van der Waals surface area contributed by atoms with Crippen molar-refractivity contribution in [3.63, 3.8) is 0 Å². The molecule has 12 heteroatoms. The van der Waals surface area contributed by atoms with Gasteiger partial charge in [0, 0.05) is 35.8 Å². The predicted octanol–water partition coefficient (Wildman–Crippen LogP) is 5.75. The van der Waals surface area contributed by atoms with Crippen LogP contribution in [-0.2, 0) is 0 Å². The van der Waals surface area contributed by atoms with Crippen molar-refractivity contribution >= 4 is 45.6 Å². The van der Waals surface area contributed by atoms with E-state index in [9.17, 15) is 14.0 Å². The van der Waals surface area contributed by atoms with Crippen molar-refractivity contribution < 1.29 is 18.7 Å². The van der Waals surface area contributed by atoms with Crippen LogP contribution in [0.15, 0.2) is 73.2 Å². The van der Waals surface area contributed by atoms with E-state index in [1.54, 1.807) is 6.07 Å². The standard InChI is InChI=1S/C32H31FN8O3/c33-24-17-34-15-14-25(24)39-31(42)27-18-35-30-26(36-20-8-9-20)16-29(40-41(27)30)37-21-10-12-22(13-11-21)38-32(43)44-28-7-3-5-19-4-1-2-6-23(19)28/h1-7,14-18,20-22,36H,8-13H2,(H,37,40)(H,38,43)(H,34,39,42)/t21-,22-. The van der Waals surface area contributed by atoms with Crippen molar-refractivity contribution in [3.05, 3.63) is 84.7 Å². The summed E-state index contributed by atoms with van der Waals surface area (Å²) in [5.41, 5.74) is 1.49. The number of hydrogen-bond donors (Lipinski definition) is 4. The Balaban J connectivity index is 1.01. The molecule has 4 N–H and O–H groups in total. The van der Waals surface area contributed by atoms with Crippen LogP contribution in [0.2, 0.25) is 0 Å². The lowest BCUT2D eigenvalue weighted by Crippen LogP contribution is -2.41. The number of pyridine rings is 1. The van der Waals surface area contributed by atoms with E-state index in [0.29, 0.717) is 23.3 Å². The topological polar surface area (TPSA) is 135 Å². The third-order valence-electron chi connectivity index (χ3n) is 8.01. The van der Waals surface area contributed by atoms with Crippen molar-refractivity contribution in [2.75, 3.05) is 16.0 Å². The van der Waals surface area contributed by atoms with Crippen LogP contribution >= 0.6 is 0 Å². The van der Waals surface area contributed by atoms with Crippen molar-refractivity contribution in [1.82, 2.24) is 24.9 Å². The van der Waals surface area contributed by atoms with Gasteiger partial charge in [-0.2, -0.15) is 0 Å². The van der Waals surface area contributed by atoms with Gasteiger partial charge in [-0.05, 0) is 56.0 Å². The number of anilines is 3. The number of hydrogen-bond acceptors (Lipinski definition) is 8. The van der Waals surface area contributed by atoms with Gasteiger partial charge in [0.1, 0.15) is 11.6 Å². The molecule has 2 aliphatic rings. The van der Waals surface area contributed by atoms with Gasteiger partial charge in [0.25, 0.3) is 5.91 Å². The van der Waals surface area contributed by atoms with Crippen LogP contribution < -0.4 is 26.0 Å². The molecule has 2 aromatic carbocycles. The third kappa shape index (κ3) is 5.96. The molecule has 2 saturated carbocycles. The highest BCUT2D eigenvalue weighted by atomic mass is 19.1. The first-order valence-corrected chi connectivity index (χ1v) is 14.8. The molecule has 0 unspecified atom stereocenters. The van der Waals surface area contributed by atoms with Gasteiger partial charge in [-0.15, -0.1) is 5.10 Å². The zero-order valence-corrected chi connectivity index (χ0v) is 23.8. The van der Waals surface area contributed by atoms with Crippen LogP contribution in [0.3, 0.4) is 0 Å². The number of nitrogens with one attached hydrogen (secondary N) is 4. The SMILES string of the molecule is O=C(N[C@H]1CC[C@H](Nc2cc(NC3CC3)c3ncc(C(=O)Nc4ccncc4F)n3n2)CC1)Oc1cccc2ccccc12. The summed E-state index contributed by atoms with van der Waals surface area (Å²) in [7, 11) is 0. The highest BCUT2D eigenvalue weighted by Crippen LogP contribution is 2.30. The summed E-state index contributed by atoms with van der Waals surface area (Å²) in [4.78, 5) is 34.0. The summed E-state index contributed by atoms with van der Waals surface area (Å²) in [6, 6.07) is 17.2. The summed E-state index contributed by atoms with van der Waals surface area (Å²) in [5.74, 6) is -0.0411. The fraction of sp³-hybridized carbons (Fsp3) is 0.281. The van der Waals surface area contributed by atoms with Crippen LogP contribution in [0.25, 0.3) is 16.4 Å². The molecule has 0 radical (unpaired) electrons. The molecular formula is C32H31FN8O3. The van der Waals surface area contributed by atoms with Gasteiger partial charge in [-0.25, -0.2) is 18.7 Å². The summed E-state index contributed by atoms with van der Waals surface area (Å²) < 4.78 is 21.3. The first kappa shape index (κ1) is 27.6. The number of nitrogens with zero attached hydrogens (tertiary/aromatic N) is 4. The van der Waals surface area contributed by atoms with Crippen LogP contribution in [0, 0.1) is 5.82 Å². The van der Waals surface area contributed by atoms with Crippen LogP contribution in [0.4, 0.5) is 26.4 Å². The Morgan fingerprint density at radius 2 is 1.61 bits per heavy atom. The number of carbonyl (C=O) groups excluding carboxylic acids is 2. The van der Waals surface area contributed by atoms with Gasteiger partial charge in [0.15, 0.2) is 17.2 Å². The van der Waals surface area contributed by atoms with Crippen LogP contribution in [0.1, 0.15) is 49.0 Å². The lowest BCUT2D eigenvalue weighted by atomic mass is 9.91. The number of amides is 2. The maximum atomic E-state index is 14.1. The highest BCUT2D eigenvalue weighted by molar-refractivity contribution is 6.03. The molecular weight excluding hydrogens is 563 g/mol. The maximum absolute atomic E-state index is 14.1. The van der Waals surface area contributed by atoms with Gasteiger partial charge in [0.05, 0.1) is 23.8 Å². The van der Waals surface area contributed by atoms with Crippen molar-refractivity contribution in [1.29, 1.82) is 0 Å². The molecule has 44 heavy (non-hydrogen) atoms. The number of carbonyl (C=O) groups is 2. The second-order valence-corrected chi connectivity index (χ2v) is 11.3. The second kappa shape index (κ2) is 11.8. The minimum absolute atomic E-state index is 0.00408. The Kier molecular flexibility index (Phi) is 7.38. The first-order valence-electron chi connectivity index (χ1n) is 14.8. The quantitative estimate of drug-likeness (QED) is 0.178. The van der Waals surface area contributed by atoms with E-state index in [1.165, 1.54) is 23.0 Å². The number of benzene rings is 2. The average molecular weight is 595 g/mol. The molecule has 0 bridgehead atoms. The van der Waals surface area contributed by atoms with E-state index < -0.39 is 17.8 Å². The molecule has 2 amide bonds. The zero-order valence-electron chi connectivity index (χ0n) is 23.8. The smallest absolute Gasteiger partial charge is 0.410 e. The Hall–Kier alpha value is -5.26. The fourth-order valence-electron chi connectivity index (χ4n) is 5.58. The molecule has 224 valence electrons. The summed E-state index contributed by atoms with van der Waals surface area (Å²) in [6.45, 7) is 0. The molecule has 0 atom stereocenters. The third-order valence-corrected chi connectivity index (χ3v) is 8.01. The van der Waals surface area contributed by atoms with Gasteiger partial charge in [-0.3, -0.25) is 9.78 Å². The predicted molar refractivity (Wildman–Crippen MR) is 165 cm³/mol. The van der Waals surface area contributed by atoms with E-state index in [-0.39, 0.29) is 23.5 Å². The number of ether oxygens (including phenoxy) is 1. The molecule has 3 heterocycles. The van der Waals surface area contributed by atoms with Crippen molar-refractivity contribution in [2.45, 2.75) is 56.7 Å². The van der Waals surface area contributed by atoms with E-state index in [0.717, 1.165) is 61.2 Å². The van der Waals surface area contributed by atoms with Crippen LogP contribution in [-0.4, -0.2) is 49.7 Å². The minimum atomic E-state index is -0.631. The Morgan fingerprint density at radius 3 is 2.43 bits per heavy atom. The fourth-order valence-corrected chi connectivity index (χ4v) is 5.58. The number of fused-ring (bicyclic) bond motifs is 2. The molecule has 0 aliphatic heterocycles. The molecule has 2 fully saturated rings. The van der Waals surface area contributed by atoms with Gasteiger partial charge >= 0.3 is 6.09 Å². The van der Waals surface area contributed by atoms with Crippen molar-refractivity contribution in [2.24, 2.45) is 0 Å². The monoisotopic (exact) mass is 594 g/mol. The maximum Gasteiger partial charge on any atom is 0.412 e. The summed E-state index contributed by atoms with van der Waals surface area (Å²) >= 11 is 0. The molecule has 0 spiro atoms. The molecule has 0 saturated heterocycles. The van der Waals surface area contributed by atoms with E-state index >= 15 is 0 Å². The minimum Gasteiger partial charge on any atom is -0.410 e. The molecule has 7 rings (SSSR count). The molecule has 2 aliphatic carbocycles. The second-order valence-electron chi connectivity index (χ2n) is 11.3. The Labute approximate surface area is 252 Å². The van der Waals surface area contributed by atoms with E-state index in [4.69, 9.17) is 4.74 Å². The number of halogens is 1. The van der Waals surface area contributed by atoms with Crippen molar-refractivity contribution in [3.8, 4) is 5.75 Å². The van der Waals surface area contributed by atoms with Crippen LogP contribution in [0.5, 0.6) is 5.75 Å². The number of imidazole rings is 1. The largest absolute Gasteiger partial charge is 0.412 e. The van der Waals surface area contributed by atoms with E-state index in [1.807, 2.05) is 42.5 Å². The normalized spacial score (nSPS) is 18.1. The van der Waals surface area contributed by atoms with Gasteiger partial charge < -0.3 is 26.0 Å². The first-order chi connectivity index (χ1) is 21.5.